The predicted octanol–water partition coefficient (Wildman–Crippen LogP) is 8.71. The Hall–Kier alpha value is -0.260. The van der Waals surface area contributed by atoms with Crippen LogP contribution in [0, 0.1) is 23.7 Å². The Morgan fingerprint density at radius 1 is 0.680 bits per heavy atom. The van der Waals surface area contributed by atoms with Gasteiger partial charge in [0.05, 0.1) is 0 Å². The molecule has 2 fully saturated rings. The van der Waals surface area contributed by atoms with Crippen LogP contribution >= 0.6 is 0 Å². The molecule has 25 heavy (non-hydrogen) atoms. The molecule has 0 aromatic carbocycles. The second kappa shape index (κ2) is 13.0. The molecular weight excluding hydrogens is 300 g/mol. The molecule has 0 saturated heterocycles. The lowest BCUT2D eigenvalue weighted by molar-refractivity contribution is 0.234. The van der Waals surface area contributed by atoms with Gasteiger partial charge in [0.1, 0.15) is 0 Å². The van der Waals surface area contributed by atoms with Gasteiger partial charge in [0, 0.05) is 0 Å². The van der Waals surface area contributed by atoms with Gasteiger partial charge in [0.2, 0.25) is 0 Å². The van der Waals surface area contributed by atoms with Crippen molar-refractivity contribution in [1.29, 1.82) is 0 Å². The van der Waals surface area contributed by atoms with Crippen molar-refractivity contribution < 1.29 is 0 Å². The van der Waals surface area contributed by atoms with Crippen LogP contribution in [-0.2, 0) is 0 Å². The Balaban J connectivity index is 1.54. The number of hydrogen-bond acceptors (Lipinski definition) is 0. The minimum atomic E-state index is 0.909. The molecule has 0 spiro atoms. The highest BCUT2D eigenvalue weighted by atomic mass is 14.3. The summed E-state index contributed by atoms with van der Waals surface area (Å²) < 4.78 is 0. The fraction of sp³-hybridized carbons (Fsp3) is 0.920. The predicted molar refractivity (Wildman–Crippen MR) is 113 cm³/mol. The van der Waals surface area contributed by atoms with Crippen molar-refractivity contribution in [3.8, 4) is 0 Å². The zero-order valence-corrected chi connectivity index (χ0v) is 17.5. The number of hydrogen-bond donors (Lipinski definition) is 0. The van der Waals surface area contributed by atoms with Crippen LogP contribution in [0.1, 0.15) is 123 Å². The first-order valence-electron chi connectivity index (χ1n) is 12.0. The van der Waals surface area contributed by atoms with E-state index >= 15 is 0 Å². The standard InChI is InChI=1S/C25H46/c1-3-5-7-12-22-18-20-23(21-19-22)13-8-9-15-25-17-11-10-16-24(25)14-6-4-2/h6,14,22-25H,3-5,7-13,15-21H2,1-2H3/b14-6+. The molecule has 0 aromatic rings. The molecular formula is C25H46. The first kappa shape index (κ1) is 21.0. The third-order valence-electron chi connectivity index (χ3n) is 7.21. The van der Waals surface area contributed by atoms with Crippen molar-refractivity contribution in [2.24, 2.45) is 23.7 Å². The number of allylic oxidation sites excluding steroid dienone is 2. The average Bonchev–Trinajstić information content (AvgIpc) is 2.65. The normalized spacial score (nSPS) is 30.8. The van der Waals surface area contributed by atoms with Crippen molar-refractivity contribution in [2.45, 2.75) is 123 Å². The first-order chi connectivity index (χ1) is 12.3. The van der Waals surface area contributed by atoms with Crippen LogP contribution in [0.25, 0.3) is 0 Å². The molecule has 2 saturated carbocycles. The van der Waals surface area contributed by atoms with E-state index in [2.05, 4.69) is 26.0 Å². The minimum absolute atomic E-state index is 0.909. The lowest BCUT2D eigenvalue weighted by Gasteiger charge is -2.30. The van der Waals surface area contributed by atoms with Gasteiger partial charge in [-0.3, -0.25) is 0 Å². The molecule has 0 heterocycles. The van der Waals surface area contributed by atoms with E-state index in [1.807, 2.05) is 0 Å². The van der Waals surface area contributed by atoms with Crippen molar-refractivity contribution in [1.82, 2.24) is 0 Å². The molecule has 0 aliphatic heterocycles. The Bertz CT molecular complexity index is 334. The fourth-order valence-corrected chi connectivity index (χ4v) is 5.49. The molecule has 0 N–H and O–H groups in total. The van der Waals surface area contributed by atoms with Crippen LogP contribution in [0.3, 0.4) is 0 Å². The summed E-state index contributed by atoms with van der Waals surface area (Å²) in [4.78, 5) is 0. The van der Waals surface area contributed by atoms with E-state index in [4.69, 9.17) is 0 Å². The highest BCUT2D eigenvalue weighted by Gasteiger charge is 2.23. The van der Waals surface area contributed by atoms with Crippen LogP contribution in [0.2, 0.25) is 0 Å². The molecule has 0 heteroatoms. The summed E-state index contributed by atoms with van der Waals surface area (Å²) in [5.41, 5.74) is 0. The van der Waals surface area contributed by atoms with Gasteiger partial charge >= 0.3 is 0 Å². The van der Waals surface area contributed by atoms with E-state index in [0.29, 0.717) is 0 Å². The van der Waals surface area contributed by atoms with Crippen LogP contribution < -0.4 is 0 Å². The lowest BCUT2D eigenvalue weighted by Crippen LogP contribution is -2.18. The number of rotatable bonds is 11. The molecule has 2 rings (SSSR count). The van der Waals surface area contributed by atoms with Crippen molar-refractivity contribution >= 4 is 0 Å². The van der Waals surface area contributed by atoms with E-state index in [-0.39, 0.29) is 0 Å². The van der Waals surface area contributed by atoms with E-state index in [1.54, 1.807) is 25.7 Å². The van der Waals surface area contributed by atoms with Crippen LogP contribution in [-0.4, -0.2) is 0 Å². The molecule has 2 atom stereocenters. The summed E-state index contributed by atoms with van der Waals surface area (Å²) in [6.07, 6.45) is 30.2. The fourth-order valence-electron chi connectivity index (χ4n) is 5.49. The highest BCUT2D eigenvalue weighted by molar-refractivity contribution is 4.93. The van der Waals surface area contributed by atoms with Crippen LogP contribution in [0.15, 0.2) is 12.2 Å². The maximum atomic E-state index is 2.56. The van der Waals surface area contributed by atoms with Gasteiger partial charge in [-0.25, -0.2) is 0 Å². The Kier molecular flexibility index (Phi) is 10.9. The SMILES string of the molecule is CC/C=C/C1CCCCC1CCCCC1CCC(CCCCC)CC1. The lowest BCUT2D eigenvalue weighted by atomic mass is 9.75. The first-order valence-corrected chi connectivity index (χ1v) is 12.0. The third-order valence-corrected chi connectivity index (χ3v) is 7.21. The maximum absolute atomic E-state index is 2.56. The summed E-state index contributed by atoms with van der Waals surface area (Å²) in [6.45, 7) is 4.60. The van der Waals surface area contributed by atoms with E-state index in [0.717, 1.165) is 23.7 Å². The van der Waals surface area contributed by atoms with E-state index in [9.17, 15) is 0 Å². The van der Waals surface area contributed by atoms with E-state index in [1.165, 1.54) is 83.5 Å². The average molecular weight is 347 g/mol. The molecule has 2 aliphatic rings. The second-order valence-electron chi connectivity index (χ2n) is 9.21. The largest absolute Gasteiger partial charge is 0.0885 e. The molecule has 0 aromatic heterocycles. The zero-order chi connectivity index (χ0) is 17.7. The highest BCUT2D eigenvalue weighted by Crippen LogP contribution is 2.37. The van der Waals surface area contributed by atoms with Crippen molar-refractivity contribution in [3.63, 3.8) is 0 Å². The Labute approximate surface area is 159 Å². The summed E-state index contributed by atoms with van der Waals surface area (Å²) in [7, 11) is 0. The van der Waals surface area contributed by atoms with Gasteiger partial charge < -0.3 is 0 Å². The molecule has 2 unspecified atom stereocenters. The second-order valence-corrected chi connectivity index (χ2v) is 9.21. The quantitative estimate of drug-likeness (QED) is 0.259. The van der Waals surface area contributed by atoms with Gasteiger partial charge in [-0.05, 0) is 49.4 Å². The van der Waals surface area contributed by atoms with Crippen LogP contribution in [0.4, 0.5) is 0 Å². The smallest absolute Gasteiger partial charge is 0.0205 e. The van der Waals surface area contributed by atoms with Crippen molar-refractivity contribution in [2.75, 3.05) is 0 Å². The summed E-state index contributed by atoms with van der Waals surface area (Å²) >= 11 is 0. The van der Waals surface area contributed by atoms with Gasteiger partial charge in [-0.2, -0.15) is 0 Å². The Morgan fingerprint density at radius 3 is 1.92 bits per heavy atom. The van der Waals surface area contributed by atoms with Gasteiger partial charge in [-0.15, -0.1) is 0 Å². The number of unbranched alkanes of at least 4 members (excludes halogenated alkanes) is 3. The minimum Gasteiger partial charge on any atom is -0.0885 e. The Morgan fingerprint density at radius 2 is 1.28 bits per heavy atom. The summed E-state index contributed by atoms with van der Waals surface area (Å²) in [5, 5.41) is 0. The van der Waals surface area contributed by atoms with Crippen LogP contribution in [0.5, 0.6) is 0 Å². The third kappa shape index (κ3) is 8.31. The summed E-state index contributed by atoms with van der Waals surface area (Å²) in [5.74, 6) is 4.07. The van der Waals surface area contributed by atoms with Gasteiger partial charge in [0.15, 0.2) is 0 Å². The molecule has 0 bridgehead atoms. The van der Waals surface area contributed by atoms with Gasteiger partial charge in [-0.1, -0.05) is 109 Å². The molecule has 0 radical (unpaired) electrons. The summed E-state index contributed by atoms with van der Waals surface area (Å²) in [6, 6.07) is 0. The topological polar surface area (TPSA) is 0 Å². The molecule has 146 valence electrons. The molecule has 2 aliphatic carbocycles. The van der Waals surface area contributed by atoms with Crippen molar-refractivity contribution in [3.05, 3.63) is 12.2 Å². The van der Waals surface area contributed by atoms with Gasteiger partial charge in [0.25, 0.3) is 0 Å². The molecule has 0 nitrogen and oxygen atoms in total. The zero-order valence-electron chi connectivity index (χ0n) is 17.5. The monoisotopic (exact) mass is 346 g/mol. The molecule has 0 amide bonds. The van der Waals surface area contributed by atoms with E-state index < -0.39 is 0 Å². The maximum Gasteiger partial charge on any atom is -0.0205 e.